The fraction of sp³-hybridized carbons (Fsp3) is 0.556. The Hall–Kier alpha value is -1.12. The molecule has 18 heavy (non-hydrogen) atoms. The maximum Gasteiger partial charge on any atom is 0.322 e. The molecule has 0 radical (unpaired) electrons. The summed E-state index contributed by atoms with van der Waals surface area (Å²) in [5.41, 5.74) is 0. The third kappa shape index (κ3) is 3.01. The van der Waals surface area contributed by atoms with Gasteiger partial charge >= 0.3 is 5.97 Å². The van der Waals surface area contributed by atoms with Gasteiger partial charge in [0.1, 0.15) is 6.04 Å². The number of nitrogens with zero attached hydrogens (tertiary/aromatic N) is 2. The molecule has 0 aliphatic carbocycles. The average Bonchev–Trinajstić information content (AvgIpc) is 2.54. The first-order valence-electron chi connectivity index (χ1n) is 5.09. The molecule has 1 rings (SSSR count). The molecule has 0 spiro atoms. The number of nitrogens with one attached hydrogen (secondary N) is 1. The van der Waals surface area contributed by atoms with Gasteiger partial charge in [-0.3, -0.25) is 9.48 Å². The second kappa shape index (κ2) is 5.25. The highest BCUT2D eigenvalue weighted by molar-refractivity contribution is 7.89. The standard InChI is InChI=1S/C9H14ClN3O4S/c1-5(2)7(9(14)15)12-18(16,17)8-6(10)4-11-13(8)3/h4-5,7,12H,1-3H3,(H,14,15). The van der Waals surface area contributed by atoms with Crippen LogP contribution in [0, 0.1) is 5.92 Å². The van der Waals surface area contributed by atoms with Crippen molar-refractivity contribution in [3.05, 3.63) is 11.2 Å². The second-order valence-electron chi connectivity index (χ2n) is 4.10. The minimum atomic E-state index is -4.03. The normalized spacial score (nSPS) is 13.8. The van der Waals surface area contributed by atoms with Gasteiger partial charge in [0.2, 0.25) is 0 Å². The van der Waals surface area contributed by atoms with Gasteiger partial charge in [-0.2, -0.15) is 9.82 Å². The minimum absolute atomic E-state index is 0.0575. The molecule has 0 saturated carbocycles. The highest BCUT2D eigenvalue weighted by Gasteiger charge is 2.31. The maximum atomic E-state index is 12.0. The molecule has 2 N–H and O–H groups in total. The number of halogens is 1. The van der Waals surface area contributed by atoms with Crippen molar-refractivity contribution >= 4 is 27.6 Å². The molecule has 0 aromatic carbocycles. The number of aliphatic carboxylic acids is 1. The third-order valence-electron chi connectivity index (χ3n) is 2.31. The smallest absolute Gasteiger partial charge is 0.322 e. The van der Waals surface area contributed by atoms with E-state index < -0.39 is 28.0 Å². The Balaban J connectivity index is 3.13. The van der Waals surface area contributed by atoms with E-state index in [4.69, 9.17) is 16.7 Å². The summed E-state index contributed by atoms with van der Waals surface area (Å²) >= 11 is 5.72. The number of carboxylic acid groups (broad SMARTS) is 1. The molecule has 102 valence electrons. The first-order chi connectivity index (χ1) is 8.16. The van der Waals surface area contributed by atoms with E-state index in [-0.39, 0.29) is 10.0 Å². The monoisotopic (exact) mass is 295 g/mol. The van der Waals surface area contributed by atoms with Crippen LogP contribution in [-0.2, 0) is 21.9 Å². The number of rotatable bonds is 5. The Morgan fingerprint density at radius 2 is 2.11 bits per heavy atom. The predicted octanol–water partition coefficient (Wildman–Crippen LogP) is 0.461. The van der Waals surface area contributed by atoms with Gasteiger partial charge in [-0.05, 0) is 5.92 Å². The molecule has 0 aliphatic rings. The quantitative estimate of drug-likeness (QED) is 0.822. The lowest BCUT2D eigenvalue weighted by molar-refractivity contribution is -0.140. The fourth-order valence-electron chi connectivity index (χ4n) is 1.40. The van der Waals surface area contributed by atoms with Crippen LogP contribution in [-0.4, -0.2) is 35.3 Å². The Bertz CT molecular complexity index is 533. The summed E-state index contributed by atoms with van der Waals surface area (Å²) in [5, 5.41) is 12.3. The van der Waals surface area contributed by atoms with E-state index in [1.165, 1.54) is 13.2 Å². The highest BCUT2D eigenvalue weighted by Crippen LogP contribution is 2.20. The van der Waals surface area contributed by atoms with Crippen LogP contribution in [0.2, 0.25) is 5.02 Å². The van der Waals surface area contributed by atoms with Crippen LogP contribution < -0.4 is 4.72 Å². The van der Waals surface area contributed by atoms with E-state index in [0.717, 1.165) is 4.68 Å². The molecule has 1 atom stereocenters. The second-order valence-corrected chi connectivity index (χ2v) is 6.14. The maximum absolute atomic E-state index is 12.0. The summed E-state index contributed by atoms with van der Waals surface area (Å²) in [6.45, 7) is 3.21. The number of hydrogen-bond acceptors (Lipinski definition) is 4. The Morgan fingerprint density at radius 3 is 2.44 bits per heavy atom. The van der Waals surface area contributed by atoms with Gasteiger partial charge in [0.25, 0.3) is 10.0 Å². The zero-order chi connectivity index (χ0) is 14.1. The van der Waals surface area contributed by atoms with Crippen molar-refractivity contribution in [2.24, 2.45) is 13.0 Å². The van der Waals surface area contributed by atoms with Crippen LogP contribution >= 0.6 is 11.6 Å². The van der Waals surface area contributed by atoms with Crippen LogP contribution in [0.25, 0.3) is 0 Å². The Morgan fingerprint density at radius 1 is 1.56 bits per heavy atom. The van der Waals surface area contributed by atoms with E-state index in [1.54, 1.807) is 13.8 Å². The van der Waals surface area contributed by atoms with Gasteiger partial charge in [0.15, 0.2) is 5.03 Å². The predicted molar refractivity (Wildman–Crippen MR) is 64.8 cm³/mol. The number of carbonyl (C=O) groups is 1. The summed E-state index contributed by atoms with van der Waals surface area (Å²) in [6.07, 6.45) is 1.18. The zero-order valence-electron chi connectivity index (χ0n) is 10.1. The van der Waals surface area contributed by atoms with Crippen molar-refractivity contribution in [3.8, 4) is 0 Å². The van der Waals surface area contributed by atoms with Crippen molar-refractivity contribution in [1.82, 2.24) is 14.5 Å². The number of sulfonamides is 1. The third-order valence-corrected chi connectivity index (χ3v) is 4.26. The molecule has 0 aliphatic heterocycles. The van der Waals surface area contributed by atoms with E-state index in [9.17, 15) is 13.2 Å². The molecule has 1 aromatic heterocycles. The molecule has 1 aromatic rings. The van der Waals surface area contributed by atoms with Crippen molar-refractivity contribution in [2.45, 2.75) is 24.9 Å². The molecule has 0 amide bonds. The zero-order valence-corrected chi connectivity index (χ0v) is 11.7. The highest BCUT2D eigenvalue weighted by atomic mass is 35.5. The van der Waals surface area contributed by atoms with Crippen molar-refractivity contribution in [2.75, 3.05) is 0 Å². The summed E-state index contributed by atoms with van der Waals surface area (Å²) in [7, 11) is -2.62. The van der Waals surface area contributed by atoms with Crippen LogP contribution in [0.15, 0.2) is 11.2 Å². The van der Waals surface area contributed by atoms with Gasteiger partial charge < -0.3 is 5.11 Å². The SMILES string of the molecule is CC(C)C(NS(=O)(=O)c1c(Cl)cnn1C)C(=O)O. The van der Waals surface area contributed by atoms with Crippen LogP contribution in [0.1, 0.15) is 13.8 Å². The van der Waals surface area contributed by atoms with E-state index in [0.29, 0.717) is 0 Å². The van der Waals surface area contributed by atoms with Gasteiger partial charge in [0.05, 0.1) is 11.2 Å². The first-order valence-corrected chi connectivity index (χ1v) is 6.95. The van der Waals surface area contributed by atoms with Crippen LogP contribution in [0.5, 0.6) is 0 Å². The topological polar surface area (TPSA) is 101 Å². The Kier molecular flexibility index (Phi) is 4.36. The van der Waals surface area contributed by atoms with Crippen molar-refractivity contribution in [3.63, 3.8) is 0 Å². The summed E-state index contributed by atoms with van der Waals surface area (Å²) in [6, 6.07) is -1.22. The molecule has 1 heterocycles. The molecular formula is C9H14ClN3O4S. The summed E-state index contributed by atoms with van der Waals surface area (Å²) in [4.78, 5) is 11.0. The fourth-order valence-corrected chi connectivity index (χ4v) is 3.39. The number of aromatic nitrogens is 2. The minimum Gasteiger partial charge on any atom is -0.480 e. The van der Waals surface area contributed by atoms with E-state index in [2.05, 4.69) is 9.82 Å². The average molecular weight is 296 g/mol. The van der Waals surface area contributed by atoms with Crippen LogP contribution in [0.4, 0.5) is 0 Å². The van der Waals surface area contributed by atoms with Crippen molar-refractivity contribution < 1.29 is 18.3 Å². The Labute approximate surface area is 110 Å². The molecular weight excluding hydrogens is 282 g/mol. The summed E-state index contributed by atoms with van der Waals surface area (Å²) < 4.78 is 27.2. The number of aryl methyl sites for hydroxylation is 1. The largest absolute Gasteiger partial charge is 0.480 e. The summed E-state index contributed by atoms with van der Waals surface area (Å²) in [5.74, 6) is -1.64. The molecule has 0 bridgehead atoms. The van der Waals surface area contributed by atoms with Gasteiger partial charge in [-0.1, -0.05) is 25.4 Å². The number of hydrogen-bond donors (Lipinski definition) is 2. The van der Waals surface area contributed by atoms with E-state index in [1.807, 2.05) is 0 Å². The lowest BCUT2D eigenvalue weighted by atomic mass is 10.1. The van der Waals surface area contributed by atoms with Gasteiger partial charge in [-0.15, -0.1) is 0 Å². The first kappa shape index (κ1) is 14.9. The molecule has 9 heteroatoms. The van der Waals surface area contributed by atoms with Crippen molar-refractivity contribution in [1.29, 1.82) is 0 Å². The van der Waals surface area contributed by atoms with Gasteiger partial charge in [0, 0.05) is 7.05 Å². The molecule has 7 nitrogen and oxygen atoms in total. The number of carboxylic acids is 1. The lowest BCUT2D eigenvalue weighted by Gasteiger charge is -2.18. The van der Waals surface area contributed by atoms with Crippen LogP contribution in [0.3, 0.4) is 0 Å². The molecule has 0 saturated heterocycles. The van der Waals surface area contributed by atoms with E-state index >= 15 is 0 Å². The molecule has 1 unspecified atom stereocenters. The lowest BCUT2D eigenvalue weighted by Crippen LogP contribution is -2.44. The van der Waals surface area contributed by atoms with Gasteiger partial charge in [-0.25, -0.2) is 8.42 Å². The molecule has 0 fully saturated rings.